The van der Waals surface area contributed by atoms with Gasteiger partial charge in [-0.05, 0) is 36.8 Å². The first kappa shape index (κ1) is 15.1. The van der Waals surface area contributed by atoms with E-state index in [0.717, 1.165) is 24.3 Å². The summed E-state index contributed by atoms with van der Waals surface area (Å²) in [7, 11) is 0. The number of carbonyl (C=O) groups is 1. The molecule has 1 aliphatic heterocycles. The molecule has 1 fully saturated rings. The van der Waals surface area contributed by atoms with Crippen molar-refractivity contribution in [2.75, 3.05) is 6.54 Å². The Labute approximate surface area is 144 Å². The van der Waals surface area contributed by atoms with Crippen molar-refractivity contribution < 1.29 is 9.32 Å². The van der Waals surface area contributed by atoms with Crippen molar-refractivity contribution in [3.63, 3.8) is 0 Å². The molecular formula is C19H18N2O2S. The number of hydrogen-bond donors (Lipinski definition) is 0. The minimum Gasteiger partial charge on any atom is -0.355 e. The molecule has 0 aliphatic carbocycles. The highest BCUT2D eigenvalue weighted by Gasteiger charge is 2.32. The van der Waals surface area contributed by atoms with Crippen LogP contribution in [0.1, 0.15) is 40.5 Å². The van der Waals surface area contributed by atoms with E-state index in [1.54, 1.807) is 17.4 Å². The topological polar surface area (TPSA) is 46.3 Å². The molecule has 122 valence electrons. The zero-order valence-corrected chi connectivity index (χ0v) is 14.3. The second kappa shape index (κ2) is 6.24. The van der Waals surface area contributed by atoms with Gasteiger partial charge in [0, 0.05) is 12.6 Å². The average Bonchev–Trinajstić information content (AvgIpc) is 3.34. The Morgan fingerprint density at radius 2 is 2.12 bits per heavy atom. The van der Waals surface area contributed by atoms with Crippen molar-refractivity contribution >= 4 is 17.2 Å². The van der Waals surface area contributed by atoms with Gasteiger partial charge in [-0.1, -0.05) is 41.1 Å². The van der Waals surface area contributed by atoms with Gasteiger partial charge in [0.15, 0.2) is 11.5 Å². The van der Waals surface area contributed by atoms with Crippen LogP contribution >= 0.6 is 11.3 Å². The van der Waals surface area contributed by atoms with Crippen LogP contribution in [-0.4, -0.2) is 22.5 Å². The van der Waals surface area contributed by atoms with Crippen LogP contribution in [0.15, 0.2) is 52.4 Å². The van der Waals surface area contributed by atoms with Crippen LogP contribution < -0.4 is 0 Å². The number of aryl methyl sites for hydroxylation is 1. The summed E-state index contributed by atoms with van der Waals surface area (Å²) in [5, 5.41) is 5.98. The van der Waals surface area contributed by atoms with Crippen molar-refractivity contribution in [2.45, 2.75) is 25.8 Å². The first-order valence-corrected chi connectivity index (χ1v) is 8.98. The van der Waals surface area contributed by atoms with E-state index in [-0.39, 0.29) is 11.9 Å². The molecule has 0 N–H and O–H groups in total. The van der Waals surface area contributed by atoms with Crippen LogP contribution in [0.4, 0.5) is 0 Å². The van der Waals surface area contributed by atoms with Crippen molar-refractivity contribution in [1.82, 2.24) is 10.1 Å². The number of aromatic nitrogens is 1. The highest BCUT2D eigenvalue weighted by Crippen LogP contribution is 2.34. The maximum absolute atomic E-state index is 12.9. The quantitative estimate of drug-likeness (QED) is 0.696. The van der Waals surface area contributed by atoms with Crippen molar-refractivity contribution in [1.29, 1.82) is 0 Å². The lowest BCUT2D eigenvalue weighted by Crippen LogP contribution is -2.30. The van der Waals surface area contributed by atoms with Gasteiger partial charge in [0.05, 0.1) is 10.9 Å². The molecule has 0 unspecified atom stereocenters. The molecular weight excluding hydrogens is 320 g/mol. The maximum Gasteiger partial charge on any atom is 0.276 e. The molecule has 0 spiro atoms. The van der Waals surface area contributed by atoms with Crippen LogP contribution in [-0.2, 0) is 0 Å². The fourth-order valence-corrected chi connectivity index (χ4v) is 3.88. The second-order valence-corrected chi connectivity index (χ2v) is 7.07. The summed E-state index contributed by atoms with van der Waals surface area (Å²) in [5.41, 5.74) is 2.80. The average molecular weight is 338 g/mol. The molecule has 2 aromatic heterocycles. The van der Waals surface area contributed by atoms with E-state index in [2.05, 4.69) is 36.3 Å². The molecule has 4 nitrogen and oxygen atoms in total. The molecule has 1 saturated heterocycles. The molecule has 5 heteroatoms. The smallest absolute Gasteiger partial charge is 0.276 e. The summed E-state index contributed by atoms with van der Waals surface area (Å²) in [6.45, 7) is 2.83. The van der Waals surface area contributed by atoms with E-state index in [0.29, 0.717) is 11.5 Å². The van der Waals surface area contributed by atoms with Crippen molar-refractivity contribution in [3.8, 4) is 10.6 Å². The molecule has 0 saturated carbocycles. The lowest BCUT2D eigenvalue weighted by Gasteiger charge is -2.24. The van der Waals surface area contributed by atoms with Crippen LogP contribution in [0.2, 0.25) is 0 Å². The first-order chi connectivity index (χ1) is 11.7. The predicted molar refractivity (Wildman–Crippen MR) is 94.0 cm³/mol. The van der Waals surface area contributed by atoms with Gasteiger partial charge in [0.1, 0.15) is 0 Å². The summed E-state index contributed by atoms with van der Waals surface area (Å²) in [6.07, 6.45) is 2.00. The van der Waals surface area contributed by atoms with E-state index in [4.69, 9.17) is 4.52 Å². The fourth-order valence-electron chi connectivity index (χ4n) is 3.20. The Kier molecular flexibility index (Phi) is 3.94. The second-order valence-electron chi connectivity index (χ2n) is 6.12. The summed E-state index contributed by atoms with van der Waals surface area (Å²) >= 11 is 1.57. The third kappa shape index (κ3) is 2.76. The van der Waals surface area contributed by atoms with E-state index >= 15 is 0 Å². The van der Waals surface area contributed by atoms with Gasteiger partial charge in [-0.2, -0.15) is 0 Å². The van der Waals surface area contributed by atoms with E-state index < -0.39 is 0 Å². The molecule has 1 aliphatic rings. The summed E-state index contributed by atoms with van der Waals surface area (Å²) in [4.78, 5) is 15.8. The largest absolute Gasteiger partial charge is 0.355 e. The first-order valence-electron chi connectivity index (χ1n) is 8.10. The van der Waals surface area contributed by atoms with E-state index in [1.165, 1.54) is 11.1 Å². The summed E-state index contributed by atoms with van der Waals surface area (Å²) < 4.78 is 5.36. The number of hydrogen-bond acceptors (Lipinski definition) is 4. The molecule has 1 atom stereocenters. The van der Waals surface area contributed by atoms with Gasteiger partial charge >= 0.3 is 0 Å². The Morgan fingerprint density at radius 1 is 1.29 bits per heavy atom. The number of carbonyl (C=O) groups excluding carboxylic acids is 1. The van der Waals surface area contributed by atoms with Crippen LogP contribution in [0, 0.1) is 6.92 Å². The van der Waals surface area contributed by atoms with E-state index in [9.17, 15) is 4.79 Å². The van der Waals surface area contributed by atoms with Crippen LogP contribution in [0.3, 0.4) is 0 Å². The third-order valence-corrected chi connectivity index (χ3v) is 5.35. The number of rotatable bonds is 3. The van der Waals surface area contributed by atoms with Gasteiger partial charge in [-0.15, -0.1) is 11.3 Å². The monoisotopic (exact) mass is 338 g/mol. The fraction of sp³-hybridized carbons (Fsp3) is 0.263. The van der Waals surface area contributed by atoms with Gasteiger partial charge < -0.3 is 9.42 Å². The standard InChI is InChI=1S/C19H18N2O2S/c1-13-6-8-14(9-7-13)16-4-2-10-21(16)19(22)15-12-17(23-20-15)18-5-3-11-24-18/h3,5-9,11-12,16H,2,4,10H2,1H3/t16-/m1/s1. The molecule has 3 heterocycles. The van der Waals surface area contributed by atoms with Crippen LogP contribution in [0.25, 0.3) is 10.6 Å². The molecule has 0 bridgehead atoms. The highest BCUT2D eigenvalue weighted by molar-refractivity contribution is 7.13. The zero-order valence-electron chi connectivity index (χ0n) is 13.4. The summed E-state index contributed by atoms with van der Waals surface area (Å²) in [6, 6.07) is 14.2. The van der Waals surface area contributed by atoms with E-state index in [1.807, 2.05) is 22.4 Å². The predicted octanol–water partition coefficient (Wildman–Crippen LogP) is 4.69. The molecule has 1 aromatic carbocycles. The highest BCUT2D eigenvalue weighted by atomic mass is 32.1. The normalized spacial score (nSPS) is 17.4. The third-order valence-electron chi connectivity index (χ3n) is 4.47. The molecule has 3 aromatic rings. The lowest BCUT2D eigenvalue weighted by molar-refractivity contribution is 0.0725. The molecule has 1 amide bonds. The Hall–Kier alpha value is -2.40. The van der Waals surface area contributed by atoms with Crippen molar-refractivity contribution in [2.24, 2.45) is 0 Å². The van der Waals surface area contributed by atoms with Gasteiger partial charge in [-0.25, -0.2) is 0 Å². The number of thiophene rings is 1. The minimum absolute atomic E-state index is 0.0513. The number of amides is 1. The Morgan fingerprint density at radius 3 is 2.88 bits per heavy atom. The lowest BCUT2D eigenvalue weighted by atomic mass is 10.0. The van der Waals surface area contributed by atoms with Gasteiger partial charge in [0.2, 0.25) is 0 Å². The number of likely N-dealkylation sites (tertiary alicyclic amines) is 1. The molecule has 0 radical (unpaired) electrons. The minimum atomic E-state index is -0.0513. The van der Waals surface area contributed by atoms with Gasteiger partial charge in [0.25, 0.3) is 5.91 Å². The van der Waals surface area contributed by atoms with Crippen molar-refractivity contribution in [3.05, 3.63) is 64.7 Å². The number of nitrogens with zero attached hydrogens (tertiary/aromatic N) is 2. The molecule has 24 heavy (non-hydrogen) atoms. The Balaban J connectivity index is 1.58. The molecule has 4 rings (SSSR count). The SMILES string of the molecule is Cc1ccc([C@H]2CCCN2C(=O)c2cc(-c3cccs3)on2)cc1. The zero-order chi connectivity index (χ0) is 16.5. The summed E-state index contributed by atoms with van der Waals surface area (Å²) in [5.74, 6) is 0.601. The Bertz CT molecular complexity index is 837. The number of benzene rings is 1. The van der Waals surface area contributed by atoms with Gasteiger partial charge in [-0.3, -0.25) is 4.79 Å². The van der Waals surface area contributed by atoms with Crippen LogP contribution in [0.5, 0.6) is 0 Å². The maximum atomic E-state index is 12.9.